The first-order valence-electron chi connectivity index (χ1n) is 44.2. The van der Waals surface area contributed by atoms with Gasteiger partial charge < -0.3 is 85.0 Å². The number of β-amino-alcohol motifs (C(OH)–C–C–N with tert-alkyl or cyclic N) is 1. The molecule has 5 N–H and O–H groups in total. The molecule has 138 heavy (non-hydrogen) atoms. The van der Waals surface area contributed by atoms with Crippen LogP contribution in [-0.2, 0) is 74.6 Å². The Bertz CT molecular complexity index is 5440. The average molecular weight is 1960 g/mol. The van der Waals surface area contributed by atoms with Gasteiger partial charge in [-0.25, -0.2) is 77.5 Å². The molecule has 8 fully saturated rings. The van der Waals surface area contributed by atoms with E-state index in [-0.39, 0.29) is 97.4 Å². The highest BCUT2D eigenvalue weighted by Gasteiger charge is 2.39. The molecule has 12 heterocycles. The average Bonchev–Trinajstić information content (AvgIpc) is 0.804. The number of rotatable bonds is 24. The molecule has 0 saturated carbocycles. The summed E-state index contributed by atoms with van der Waals surface area (Å²) in [5, 5.41) is 17.4. The topological polar surface area (TPSA) is 314 Å². The lowest BCUT2D eigenvalue weighted by Crippen LogP contribution is -2.60. The zero-order chi connectivity index (χ0) is 98.4. The molecular weight excluding hydrogens is 1850 g/mol. The zero-order valence-corrected chi connectivity index (χ0v) is 75.8. The second-order valence-corrected chi connectivity index (χ2v) is 33.8. The van der Waals surface area contributed by atoms with Gasteiger partial charge in [-0.05, 0) is 100 Å². The SMILES string of the molecule is CC1(C)CN(C=NCc2ncc(F)c(N3CCOCC3)n2)CCN1Nc1cccc(C(F)(F)F)c1.CC1(C)CN(Nc2cccc(C(F)(F)F)c2)CCN1C=NCc1ncc(F)c(N2CCOCC2)n1.O=C1CN(Nc2cccc(C(F)(F)F)c2)CCN1C=NCc1ncc(F)c(N2CCOCC2)n1.OC1CN(Nc2cccc(C(F)(F)F)c2)CCN1C=NCc1ncc(F)c(N2CCOCC2)n1. The Morgan fingerprint density at radius 2 is 0.732 bits per heavy atom. The predicted molar refractivity (Wildman–Crippen MR) is 481 cm³/mol. The van der Waals surface area contributed by atoms with Crippen LogP contribution >= 0.6 is 0 Å². The number of hydrazine groups is 4. The minimum atomic E-state index is -4.44. The van der Waals surface area contributed by atoms with Gasteiger partial charge in [0, 0.05) is 146 Å². The van der Waals surface area contributed by atoms with Crippen molar-refractivity contribution in [2.75, 3.05) is 225 Å². The molecule has 34 nitrogen and oxygen atoms in total. The van der Waals surface area contributed by atoms with Crippen molar-refractivity contribution in [1.29, 1.82) is 0 Å². The van der Waals surface area contributed by atoms with Crippen LogP contribution in [0.25, 0.3) is 0 Å². The number of carbonyl (C=O) groups is 1. The van der Waals surface area contributed by atoms with Gasteiger partial charge in [0.05, 0.1) is 144 Å². The molecule has 746 valence electrons. The highest BCUT2D eigenvalue weighted by Crippen LogP contribution is 2.37. The van der Waals surface area contributed by atoms with Gasteiger partial charge in [0.2, 0.25) is 5.91 Å². The second-order valence-electron chi connectivity index (χ2n) is 33.8. The maximum absolute atomic E-state index is 14.2. The largest absolute Gasteiger partial charge is 0.416 e. The Morgan fingerprint density at radius 3 is 1.09 bits per heavy atom. The number of nitrogens with zero attached hydrogens (tertiary/aromatic N) is 24. The monoisotopic (exact) mass is 1950 g/mol. The number of hydrogen-bond donors (Lipinski definition) is 5. The summed E-state index contributed by atoms with van der Waals surface area (Å²) in [7, 11) is 0. The number of halogens is 16. The Labute approximate surface area is 784 Å². The summed E-state index contributed by atoms with van der Waals surface area (Å²) >= 11 is 0. The van der Waals surface area contributed by atoms with Crippen molar-refractivity contribution in [3.63, 3.8) is 0 Å². The number of morpholine rings is 4. The summed E-state index contributed by atoms with van der Waals surface area (Å²) in [6.45, 7) is 22.4. The van der Waals surface area contributed by atoms with Gasteiger partial charge in [0.25, 0.3) is 0 Å². The van der Waals surface area contributed by atoms with E-state index in [9.17, 15) is 80.1 Å². The van der Waals surface area contributed by atoms with Gasteiger partial charge >= 0.3 is 24.7 Å². The third-order valence-corrected chi connectivity index (χ3v) is 22.6. The molecule has 4 aromatic heterocycles. The lowest BCUT2D eigenvalue weighted by atomic mass is 10.0. The van der Waals surface area contributed by atoms with Crippen LogP contribution in [0.1, 0.15) is 73.2 Å². The Balaban J connectivity index is 0.000000155. The van der Waals surface area contributed by atoms with Gasteiger partial charge in [-0.15, -0.1) is 0 Å². The number of alkyl halides is 12. The van der Waals surface area contributed by atoms with Crippen molar-refractivity contribution in [2.24, 2.45) is 20.0 Å². The summed E-state index contributed by atoms with van der Waals surface area (Å²) in [6.07, 6.45) is -7.68. The molecule has 8 saturated heterocycles. The van der Waals surface area contributed by atoms with E-state index in [1.165, 1.54) is 66.4 Å². The summed E-state index contributed by atoms with van der Waals surface area (Å²) < 4.78 is 233. The van der Waals surface area contributed by atoms with Crippen LogP contribution < -0.4 is 41.3 Å². The van der Waals surface area contributed by atoms with Crippen LogP contribution in [0.3, 0.4) is 0 Å². The fourth-order valence-corrected chi connectivity index (χ4v) is 15.4. The highest BCUT2D eigenvalue weighted by molar-refractivity contribution is 5.90. The maximum atomic E-state index is 14.2. The van der Waals surface area contributed by atoms with E-state index < -0.39 is 76.5 Å². The highest BCUT2D eigenvalue weighted by atomic mass is 19.4. The minimum Gasteiger partial charge on any atom is -0.378 e. The molecule has 0 aliphatic carbocycles. The number of amides is 1. The number of aromatic nitrogens is 8. The number of nitrogens with one attached hydrogen (secondary N) is 4. The fourth-order valence-electron chi connectivity index (χ4n) is 15.4. The van der Waals surface area contributed by atoms with Crippen molar-refractivity contribution < 1.29 is 99.1 Å². The molecule has 1 amide bonds. The van der Waals surface area contributed by atoms with Gasteiger partial charge in [-0.1, -0.05) is 24.3 Å². The van der Waals surface area contributed by atoms with Crippen molar-refractivity contribution in [2.45, 2.75) is 95.9 Å². The molecule has 1 atom stereocenters. The predicted octanol–water partition coefficient (Wildman–Crippen LogP) is 11.0. The van der Waals surface area contributed by atoms with Gasteiger partial charge in [0.15, 0.2) is 69.8 Å². The molecule has 1 unspecified atom stereocenters. The van der Waals surface area contributed by atoms with E-state index >= 15 is 0 Å². The quantitative estimate of drug-likeness (QED) is 0.0213. The van der Waals surface area contributed by atoms with E-state index in [0.717, 1.165) is 60.9 Å². The number of ether oxygens (including phenoxy) is 4. The van der Waals surface area contributed by atoms with Crippen molar-refractivity contribution in [1.82, 2.24) is 79.5 Å². The van der Waals surface area contributed by atoms with E-state index in [0.29, 0.717) is 199 Å². The molecule has 4 aromatic carbocycles. The van der Waals surface area contributed by atoms with Gasteiger partial charge in [0.1, 0.15) is 32.4 Å². The van der Waals surface area contributed by atoms with Gasteiger partial charge in [-0.2, -0.15) is 52.7 Å². The first kappa shape index (κ1) is 103. The molecular formula is C88H106F16N28O6. The number of aliphatic imine (C=N–C) groups is 4. The summed E-state index contributed by atoms with van der Waals surface area (Å²) in [5.41, 5.74) is 9.65. The van der Waals surface area contributed by atoms with Crippen LogP contribution in [0.2, 0.25) is 0 Å². The second kappa shape index (κ2) is 46.9. The number of anilines is 8. The lowest BCUT2D eigenvalue weighted by molar-refractivity contribution is -0.138. The Hall–Kier alpha value is -12.3. The number of piperazine rings is 4. The number of benzene rings is 4. The third-order valence-electron chi connectivity index (χ3n) is 22.6. The molecule has 0 bridgehead atoms. The molecule has 0 radical (unpaired) electrons. The first-order valence-corrected chi connectivity index (χ1v) is 44.2. The molecule has 16 rings (SSSR count). The van der Waals surface area contributed by atoms with Gasteiger partial charge in [-0.3, -0.25) is 24.8 Å². The lowest BCUT2D eigenvalue weighted by Gasteiger charge is -2.46. The summed E-state index contributed by atoms with van der Waals surface area (Å²) in [4.78, 5) is 77.5. The number of aliphatic hydroxyl groups is 1. The summed E-state index contributed by atoms with van der Waals surface area (Å²) in [5.74, 6) is 0.233. The molecule has 8 aromatic rings. The Morgan fingerprint density at radius 1 is 0.391 bits per heavy atom. The molecule has 8 aliphatic rings. The van der Waals surface area contributed by atoms with Crippen molar-refractivity contribution in [3.05, 3.63) is 191 Å². The van der Waals surface area contributed by atoms with E-state index in [2.05, 4.69) is 86.4 Å². The van der Waals surface area contributed by atoms with Crippen LogP contribution in [0.4, 0.5) is 116 Å². The van der Waals surface area contributed by atoms with E-state index in [1.807, 2.05) is 52.4 Å². The third kappa shape index (κ3) is 29.9. The maximum Gasteiger partial charge on any atom is 0.416 e. The van der Waals surface area contributed by atoms with E-state index in [1.54, 1.807) is 49.5 Å². The molecule has 8 aliphatic heterocycles. The fraction of sp³-hybridized carbons (Fsp3) is 0.489. The van der Waals surface area contributed by atoms with Crippen LogP contribution in [-0.4, -0.2) is 317 Å². The standard InChI is InChI=1S/2C23H29F4N7O.C21H25F4N7O2.C21H23F4N7O2/c1-22(2)15-34(31-18-5-3-4-17(12-18)23(25,26)27)7-6-33(22)16-28-14-20-29-13-19(24)21(30-20)32-8-10-35-11-9-32;1-22(2)15-32(6-7-34(22)31-18-5-3-4-17(12-18)23(25,26)27)16-28-14-20-29-13-19(24)21(30-20)33-8-10-35-11-9-33;2*22-17-11-27-18(28-20(17)30-6-8-34-9-7-30)12-26-14-31-4-5-32(13-19(31)33)29-16-3-1-2-15(10-16)21(23,24)25/h2*3-5,12-13,16,31H,6-11,14-15H2,1-2H3;1-3,10-11,14,19,29,33H,4-9,12-13H2;1-3,10-11,14,29H,4-9,12-13H2. The Kier molecular flexibility index (Phi) is 35.0. The van der Waals surface area contributed by atoms with Crippen LogP contribution in [0.15, 0.2) is 142 Å². The minimum absolute atomic E-state index is 0.0451. The normalized spacial score (nSPS) is 19.3. The smallest absolute Gasteiger partial charge is 0.378 e. The van der Waals surface area contributed by atoms with Crippen LogP contribution in [0, 0.1) is 23.3 Å². The van der Waals surface area contributed by atoms with Crippen molar-refractivity contribution >= 4 is 77.3 Å². The zero-order valence-electron chi connectivity index (χ0n) is 75.8. The van der Waals surface area contributed by atoms with Crippen LogP contribution in [0.5, 0.6) is 0 Å². The van der Waals surface area contributed by atoms with Crippen molar-refractivity contribution in [3.8, 4) is 0 Å². The van der Waals surface area contributed by atoms with E-state index in [4.69, 9.17) is 18.9 Å². The number of hydrogen-bond acceptors (Lipinski definition) is 30. The number of carbonyl (C=O) groups excluding carboxylic acids is 1. The summed E-state index contributed by atoms with van der Waals surface area (Å²) in [6, 6.07) is 20.0. The molecule has 50 heteroatoms. The molecule has 0 spiro atoms. The number of aliphatic hydroxyl groups excluding tert-OH is 1. The first-order chi connectivity index (χ1) is 65.8.